The van der Waals surface area contributed by atoms with Crippen molar-refractivity contribution in [1.29, 1.82) is 0 Å². The van der Waals surface area contributed by atoms with E-state index in [1.165, 1.54) is 51.4 Å². The lowest BCUT2D eigenvalue weighted by atomic mass is 10.1. The molecular formula is C25H41NO4. The summed E-state index contributed by atoms with van der Waals surface area (Å²) in [5.74, 6) is -0.400. The van der Waals surface area contributed by atoms with Crippen molar-refractivity contribution in [3.8, 4) is 0 Å². The van der Waals surface area contributed by atoms with E-state index in [0.717, 1.165) is 24.8 Å². The average Bonchev–Trinajstić information content (AvgIpc) is 2.76. The summed E-state index contributed by atoms with van der Waals surface area (Å²) in [6.45, 7) is 4.89. The van der Waals surface area contributed by atoms with E-state index in [0.29, 0.717) is 19.6 Å². The first-order chi connectivity index (χ1) is 14.7. The second-order valence-electron chi connectivity index (χ2n) is 7.87. The van der Waals surface area contributed by atoms with Crippen LogP contribution in [0.25, 0.3) is 0 Å². The molecule has 0 spiro atoms. The van der Waals surface area contributed by atoms with Gasteiger partial charge in [-0.05, 0) is 18.4 Å². The SMILES string of the molecule is CCCCCCCCCCCCOC(=O)[C@H](Cc1ccccc1)NC(=O)OCCC. The number of carbonyl (C=O) groups excluding carboxylic acids is 2. The predicted octanol–water partition coefficient (Wildman–Crippen LogP) is 6.20. The molecule has 30 heavy (non-hydrogen) atoms. The Hall–Kier alpha value is -2.04. The number of hydrogen-bond donors (Lipinski definition) is 1. The largest absolute Gasteiger partial charge is 0.464 e. The van der Waals surface area contributed by atoms with E-state index >= 15 is 0 Å². The zero-order valence-corrected chi connectivity index (χ0v) is 19.0. The topological polar surface area (TPSA) is 64.6 Å². The van der Waals surface area contributed by atoms with Gasteiger partial charge in [0.25, 0.3) is 0 Å². The Morgan fingerprint density at radius 2 is 1.37 bits per heavy atom. The minimum absolute atomic E-state index is 0.331. The third-order valence-electron chi connectivity index (χ3n) is 5.04. The van der Waals surface area contributed by atoms with Gasteiger partial charge in [-0.2, -0.15) is 0 Å². The number of hydrogen-bond acceptors (Lipinski definition) is 4. The molecule has 0 aliphatic carbocycles. The molecule has 170 valence electrons. The molecule has 1 rings (SSSR count). The van der Waals surface area contributed by atoms with Gasteiger partial charge >= 0.3 is 12.1 Å². The molecule has 0 bridgehead atoms. The van der Waals surface area contributed by atoms with Crippen molar-refractivity contribution in [2.24, 2.45) is 0 Å². The first-order valence-electron chi connectivity index (χ1n) is 11.8. The zero-order valence-electron chi connectivity index (χ0n) is 19.0. The smallest absolute Gasteiger partial charge is 0.407 e. The van der Waals surface area contributed by atoms with E-state index < -0.39 is 18.1 Å². The molecule has 1 amide bonds. The highest BCUT2D eigenvalue weighted by atomic mass is 16.6. The standard InChI is InChI=1S/C25H41NO4/c1-3-5-6-7-8-9-10-11-12-16-20-29-24(27)23(26-25(28)30-19-4-2)21-22-17-14-13-15-18-22/h13-15,17-18,23H,3-12,16,19-21H2,1-2H3,(H,26,28)/t23-/m0/s1. The van der Waals surface area contributed by atoms with Crippen LogP contribution in [0.2, 0.25) is 0 Å². The summed E-state index contributed by atoms with van der Waals surface area (Å²) in [6, 6.07) is 8.88. The number of esters is 1. The zero-order chi connectivity index (χ0) is 21.9. The first kappa shape index (κ1) is 26.0. The van der Waals surface area contributed by atoms with E-state index in [1.54, 1.807) is 0 Å². The fourth-order valence-electron chi connectivity index (χ4n) is 3.28. The van der Waals surface area contributed by atoms with Crippen molar-refractivity contribution in [3.05, 3.63) is 35.9 Å². The van der Waals surface area contributed by atoms with Gasteiger partial charge in [0.05, 0.1) is 13.2 Å². The molecule has 1 aromatic rings. The van der Waals surface area contributed by atoms with Gasteiger partial charge in [-0.25, -0.2) is 9.59 Å². The maximum absolute atomic E-state index is 12.5. The Bertz CT molecular complexity index is 562. The second-order valence-corrected chi connectivity index (χ2v) is 7.87. The van der Waals surface area contributed by atoms with E-state index in [4.69, 9.17) is 9.47 Å². The Labute approximate surface area is 182 Å². The fourth-order valence-corrected chi connectivity index (χ4v) is 3.28. The third-order valence-corrected chi connectivity index (χ3v) is 5.04. The quantitative estimate of drug-likeness (QED) is 0.241. The van der Waals surface area contributed by atoms with Crippen molar-refractivity contribution < 1.29 is 19.1 Å². The maximum atomic E-state index is 12.5. The monoisotopic (exact) mass is 419 g/mol. The number of amides is 1. The van der Waals surface area contributed by atoms with Crippen molar-refractivity contribution in [1.82, 2.24) is 5.32 Å². The molecule has 0 heterocycles. The first-order valence-corrected chi connectivity index (χ1v) is 11.8. The molecule has 1 atom stereocenters. The molecule has 0 aliphatic rings. The summed E-state index contributed by atoms with van der Waals surface area (Å²) < 4.78 is 10.5. The molecule has 0 aromatic heterocycles. The minimum atomic E-state index is -0.736. The second kappa shape index (κ2) is 17.8. The van der Waals surface area contributed by atoms with Crippen LogP contribution in [-0.4, -0.2) is 31.3 Å². The normalized spacial score (nSPS) is 11.7. The van der Waals surface area contributed by atoms with E-state index in [9.17, 15) is 9.59 Å². The van der Waals surface area contributed by atoms with Crippen LogP contribution in [0.1, 0.15) is 90.0 Å². The van der Waals surface area contributed by atoms with Gasteiger partial charge in [0.2, 0.25) is 0 Å². The molecule has 5 heteroatoms. The summed E-state index contributed by atoms with van der Waals surface area (Å²) in [5.41, 5.74) is 0.967. The van der Waals surface area contributed by atoms with Crippen molar-refractivity contribution in [2.45, 2.75) is 96.9 Å². The molecule has 0 saturated heterocycles. The van der Waals surface area contributed by atoms with Crippen molar-refractivity contribution in [2.75, 3.05) is 13.2 Å². The number of rotatable bonds is 17. The number of carbonyl (C=O) groups is 2. The van der Waals surface area contributed by atoms with Crippen LogP contribution in [0.5, 0.6) is 0 Å². The maximum Gasteiger partial charge on any atom is 0.407 e. The number of alkyl carbamates (subject to hydrolysis) is 1. The predicted molar refractivity (Wildman–Crippen MR) is 122 cm³/mol. The molecule has 0 radical (unpaired) electrons. The summed E-state index contributed by atoms with van der Waals surface area (Å²) in [6.07, 6.45) is 12.9. The Kier molecular flexibility index (Phi) is 15.4. The number of benzene rings is 1. The highest BCUT2D eigenvalue weighted by Gasteiger charge is 2.23. The van der Waals surface area contributed by atoms with Gasteiger partial charge in [0.1, 0.15) is 6.04 Å². The van der Waals surface area contributed by atoms with Crippen LogP contribution in [0.15, 0.2) is 30.3 Å². The summed E-state index contributed by atoms with van der Waals surface area (Å²) in [4.78, 5) is 24.5. The van der Waals surface area contributed by atoms with E-state index in [1.807, 2.05) is 37.3 Å². The summed E-state index contributed by atoms with van der Waals surface area (Å²) >= 11 is 0. The van der Waals surface area contributed by atoms with Gasteiger partial charge in [-0.15, -0.1) is 0 Å². The van der Waals surface area contributed by atoms with Gasteiger partial charge in [0, 0.05) is 6.42 Å². The van der Waals surface area contributed by atoms with E-state index in [2.05, 4.69) is 12.2 Å². The lowest BCUT2D eigenvalue weighted by Gasteiger charge is -2.17. The Balaban J connectivity index is 2.27. The van der Waals surface area contributed by atoms with Crippen molar-refractivity contribution >= 4 is 12.1 Å². The minimum Gasteiger partial charge on any atom is -0.464 e. The fraction of sp³-hybridized carbons (Fsp3) is 0.680. The highest BCUT2D eigenvalue weighted by Crippen LogP contribution is 2.11. The Morgan fingerprint density at radius 1 is 0.767 bits per heavy atom. The van der Waals surface area contributed by atoms with Gasteiger partial charge in [0.15, 0.2) is 0 Å². The molecule has 0 aliphatic heterocycles. The molecule has 5 nitrogen and oxygen atoms in total. The lowest BCUT2D eigenvalue weighted by molar-refractivity contribution is -0.146. The third kappa shape index (κ3) is 13.2. The van der Waals surface area contributed by atoms with Crippen LogP contribution >= 0.6 is 0 Å². The van der Waals surface area contributed by atoms with Crippen LogP contribution in [0, 0.1) is 0 Å². The van der Waals surface area contributed by atoms with Gasteiger partial charge in [-0.1, -0.05) is 102 Å². The Morgan fingerprint density at radius 3 is 1.97 bits per heavy atom. The number of unbranched alkanes of at least 4 members (excludes halogenated alkanes) is 9. The van der Waals surface area contributed by atoms with Crippen LogP contribution in [0.4, 0.5) is 4.79 Å². The number of ether oxygens (including phenoxy) is 2. The molecule has 0 unspecified atom stereocenters. The molecule has 1 N–H and O–H groups in total. The van der Waals surface area contributed by atoms with Gasteiger partial charge in [-0.3, -0.25) is 0 Å². The molecule has 1 aromatic carbocycles. The van der Waals surface area contributed by atoms with Crippen LogP contribution in [-0.2, 0) is 20.7 Å². The molecule has 0 saturated carbocycles. The average molecular weight is 420 g/mol. The number of nitrogens with one attached hydrogen (secondary N) is 1. The molecular weight excluding hydrogens is 378 g/mol. The lowest BCUT2D eigenvalue weighted by Crippen LogP contribution is -2.43. The summed E-state index contributed by atoms with van der Waals surface area (Å²) in [7, 11) is 0. The highest BCUT2D eigenvalue weighted by molar-refractivity contribution is 5.81. The van der Waals surface area contributed by atoms with Crippen LogP contribution in [0.3, 0.4) is 0 Å². The van der Waals surface area contributed by atoms with Crippen LogP contribution < -0.4 is 5.32 Å². The van der Waals surface area contributed by atoms with E-state index in [-0.39, 0.29) is 0 Å². The summed E-state index contributed by atoms with van der Waals surface area (Å²) in [5, 5.41) is 2.65. The van der Waals surface area contributed by atoms with Crippen molar-refractivity contribution in [3.63, 3.8) is 0 Å². The van der Waals surface area contributed by atoms with Gasteiger partial charge < -0.3 is 14.8 Å². The molecule has 0 fully saturated rings.